The predicted molar refractivity (Wildman–Crippen MR) is 93.2 cm³/mol. The van der Waals surface area contributed by atoms with Gasteiger partial charge in [0.05, 0.1) is 11.3 Å². The molecule has 0 aromatic carbocycles. The standard InChI is InChI=1S/C16H22BrF3N4O/c1-15(2,24-6-4-3-5-7-24)9-22-14(25)12-11(21)8-10(13(17)23-12)16(18,19)20/h8H,3-7,9,21H2,1-2H3,(H,22,25). The van der Waals surface area contributed by atoms with Crippen molar-refractivity contribution in [2.24, 2.45) is 0 Å². The molecule has 0 unspecified atom stereocenters. The van der Waals surface area contributed by atoms with E-state index in [4.69, 9.17) is 5.73 Å². The number of amides is 1. The van der Waals surface area contributed by atoms with E-state index in [2.05, 4.69) is 31.1 Å². The van der Waals surface area contributed by atoms with Gasteiger partial charge in [0.2, 0.25) is 0 Å². The molecule has 1 aromatic heterocycles. The summed E-state index contributed by atoms with van der Waals surface area (Å²) in [6, 6.07) is 0.724. The number of halogens is 4. The molecule has 1 saturated heterocycles. The monoisotopic (exact) mass is 422 g/mol. The van der Waals surface area contributed by atoms with Crippen molar-refractivity contribution in [1.29, 1.82) is 0 Å². The lowest BCUT2D eigenvalue weighted by Crippen LogP contribution is -2.53. The molecule has 1 aliphatic rings. The molecule has 0 bridgehead atoms. The number of piperidine rings is 1. The summed E-state index contributed by atoms with van der Waals surface area (Å²) in [5.74, 6) is -0.586. The van der Waals surface area contributed by atoms with Crippen LogP contribution in [0.3, 0.4) is 0 Å². The van der Waals surface area contributed by atoms with E-state index >= 15 is 0 Å². The summed E-state index contributed by atoms with van der Waals surface area (Å²) >= 11 is 2.76. The van der Waals surface area contributed by atoms with Crippen LogP contribution in [0.2, 0.25) is 0 Å². The second kappa shape index (κ2) is 7.49. The molecule has 25 heavy (non-hydrogen) atoms. The van der Waals surface area contributed by atoms with E-state index in [1.807, 2.05) is 13.8 Å². The lowest BCUT2D eigenvalue weighted by Gasteiger charge is -2.41. The summed E-state index contributed by atoms with van der Waals surface area (Å²) in [4.78, 5) is 18.3. The number of nitrogens with one attached hydrogen (secondary N) is 1. The SMILES string of the molecule is CC(C)(CNC(=O)c1nc(Br)c(C(F)(F)F)cc1N)N1CCCCC1. The van der Waals surface area contributed by atoms with Crippen molar-refractivity contribution >= 4 is 27.5 Å². The number of nitrogen functional groups attached to an aromatic ring is 1. The highest BCUT2D eigenvalue weighted by molar-refractivity contribution is 9.10. The minimum atomic E-state index is -4.59. The smallest absolute Gasteiger partial charge is 0.397 e. The molecule has 1 aliphatic heterocycles. The van der Waals surface area contributed by atoms with E-state index in [1.54, 1.807) is 0 Å². The Morgan fingerprint density at radius 2 is 1.92 bits per heavy atom. The summed E-state index contributed by atoms with van der Waals surface area (Å²) in [7, 11) is 0. The van der Waals surface area contributed by atoms with Gasteiger partial charge in [0.25, 0.3) is 5.91 Å². The van der Waals surface area contributed by atoms with Crippen molar-refractivity contribution in [3.63, 3.8) is 0 Å². The first-order chi connectivity index (χ1) is 11.5. The van der Waals surface area contributed by atoms with Crippen LogP contribution in [-0.4, -0.2) is 41.0 Å². The third-order valence-corrected chi connectivity index (χ3v) is 5.02. The molecule has 0 aliphatic carbocycles. The number of anilines is 1. The third-order valence-electron chi connectivity index (χ3n) is 4.42. The first kappa shape index (κ1) is 20.0. The second-order valence-electron chi connectivity index (χ2n) is 6.81. The first-order valence-corrected chi connectivity index (χ1v) is 8.88. The number of nitrogens with zero attached hydrogens (tertiary/aromatic N) is 2. The Bertz CT molecular complexity index is 643. The van der Waals surface area contributed by atoms with Crippen LogP contribution >= 0.6 is 15.9 Å². The molecule has 0 radical (unpaired) electrons. The number of alkyl halides is 3. The van der Waals surface area contributed by atoms with E-state index in [9.17, 15) is 18.0 Å². The summed E-state index contributed by atoms with van der Waals surface area (Å²) < 4.78 is 38.1. The third kappa shape index (κ3) is 4.84. The molecule has 0 spiro atoms. The molecular formula is C16H22BrF3N4O. The van der Waals surface area contributed by atoms with Gasteiger partial charge < -0.3 is 11.1 Å². The van der Waals surface area contributed by atoms with E-state index in [-0.39, 0.29) is 16.9 Å². The highest BCUT2D eigenvalue weighted by Gasteiger charge is 2.35. The zero-order valence-electron chi connectivity index (χ0n) is 14.2. The van der Waals surface area contributed by atoms with Crippen LogP contribution in [0, 0.1) is 0 Å². The van der Waals surface area contributed by atoms with Gasteiger partial charge in [-0.3, -0.25) is 9.69 Å². The van der Waals surface area contributed by atoms with E-state index < -0.39 is 22.3 Å². The number of nitrogens with two attached hydrogens (primary N) is 1. The first-order valence-electron chi connectivity index (χ1n) is 8.09. The molecule has 5 nitrogen and oxygen atoms in total. The molecule has 9 heteroatoms. The van der Waals surface area contributed by atoms with Crippen molar-refractivity contribution in [3.8, 4) is 0 Å². The average molecular weight is 423 g/mol. The summed E-state index contributed by atoms with van der Waals surface area (Å²) in [6.45, 7) is 6.34. The maximum atomic E-state index is 12.8. The highest BCUT2D eigenvalue weighted by atomic mass is 79.9. The van der Waals surface area contributed by atoms with Crippen molar-refractivity contribution in [1.82, 2.24) is 15.2 Å². The normalized spacial score (nSPS) is 16.7. The quantitative estimate of drug-likeness (QED) is 0.728. The van der Waals surface area contributed by atoms with Crippen molar-refractivity contribution < 1.29 is 18.0 Å². The van der Waals surface area contributed by atoms with Crippen molar-refractivity contribution in [3.05, 3.63) is 21.9 Å². The van der Waals surface area contributed by atoms with Gasteiger partial charge in [-0.25, -0.2) is 4.98 Å². The maximum Gasteiger partial charge on any atom is 0.419 e. The zero-order valence-corrected chi connectivity index (χ0v) is 15.8. The fourth-order valence-electron chi connectivity index (χ4n) is 2.88. The molecule has 3 N–H and O–H groups in total. The molecule has 1 amide bonds. The Morgan fingerprint density at radius 1 is 1.32 bits per heavy atom. The Morgan fingerprint density at radius 3 is 2.48 bits per heavy atom. The summed E-state index contributed by atoms with van der Waals surface area (Å²) in [5, 5.41) is 2.74. The van der Waals surface area contributed by atoms with Crippen LogP contribution < -0.4 is 11.1 Å². The minimum Gasteiger partial charge on any atom is -0.397 e. The van der Waals surface area contributed by atoms with Crippen LogP contribution in [0.5, 0.6) is 0 Å². The number of pyridine rings is 1. The van der Waals surface area contributed by atoms with Gasteiger partial charge in [0.15, 0.2) is 5.69 Å². The van der Waals surface area contributed by atoms with Crippen LogP contribution in [-0.2, 0) is 6.18 Å². The maximum absolute atomic E-state index is 12.8. The van der Waals surface area contributed by atoms with E-state index in [1.165, 1.54) is 6.42 Å². The number of carbonyl (C=O) groups excluding carboxylic acids is 1. The largest absolute Gasteiger partial charge is 0.419 e. The fraction of sp³-hybridized carbons (Fsp3) is 0.625. The summed E-state index contributed by atoms with van der Waals surface area (Å²) in [6.07, 6.45) is -1.14. The molecule has 0 atom stereocenters. The number of carbonyl (C=O) groups is 1. The van der Waals surface area contributed by atoms with Gasteiger partial charge >= 0.3 is 6.18 Å². The van der Waals surface area contributed by atoms with Crippen LogP contribution in [0.15, 0.2) is 10.7 Å². The average Bonchev–Trinajstić information content (AvgIpc) is 2.54. The second-order valence-corrected chi connectivity index (χ2v) is 7.56. The minimum absolute atomic E-state index is 0.214. The van der Waals surface area contributed by atoms with Gasteiger partial charge in [0.1, 0.15) is 4.60 Å². The Balaban J connectivity index is 2.09. The number of likely N-dealkylation sites (tertiary alicyclic amines) is 1. The number of rotatable bonds is 4. The van der Waals surface area contributed by atoms with Gasteiger partial charge in [0, 0.05) is 12.1 Å². The van der Waals surface area contributed by atoms with E-state index in [0.29, 0.717) is 6.54 Å². The predicted octanol–water partition coefficient (Wildman–Crippen LogP) is 3.44. The number of hydrogen-bond donors (Lipinski definition) is 2. The number of hydrogen-bond acceptors (Lipinski definition) is 4. The van der Waals surface area contributed by atoms with Crippen molar-refractivity contribution in [2.75, 3.05) is 25.4 Å². The zero-order chi connectivity index (χ0) is 18.8. The summed E-state index contributed by atoms with van der Waals surface area (Å²) in [5.41, 5.74) is 3.84. The van der Waals surface area contributed by atoms with Crippen LogP contribution in [0.4, 0.5) is 18.9 Å². The van der Waals surface area contributed by atoms with Crippen LogP contribution in [0.25, 0.3) is 0 Å². The highest BCUT2D eigenvalue weighted by Crippen LogP contribution is 2.35. The number of aromatic nitrogens is 1. The van der Waals surface area contributed by atoms with E-state index in [0.717, 1.165) is 32.0 Å². The Labute approximate surface area is 153 Å². The fourth-order valence-corrected chi connectivity index (χ4v) is 3.39. The topological polar surface area (TPSA) is 71.2 Å². The molecule has 2 heterocycles. The van der Waals surface area contributed by atoms with Gasteiger partial charge in [-0.2, -0.15) is 13.2 Å². The molecule has 1 aromatic rings. The van der Waals surface area contributed by atoms with Gasteiger partial charge in [-0.05, 0) is 61.8 Å². The Kier molecular flexibility index (Phi) is 5.98. The Hall–Kier alpha value is -1.35. The molecule has 1 fully saturated rings. The van der Waals surface area contributed by atoms with Crippen molar-refractivity contribution in [2.45, 2.75) is 44.8 Å². The molecule has 140 valence electrons. The lowest BCUT2D eigenvalue weighted by molar-refractivity contribution is -0.138. The lowest BCUT2D eigenvalue weighted by atomic mass is 9.98. The van der Waals surface area contributed by atoms with Gasteiger partial charge in [-0.15, -0.1) is 0 Å². The molecular weight excluding hydrogens is 401 g/mol. The molecule has 0 saturated carbocycles. The molecule has 2 rings (SSSR count). The van der Waals surface area contributed by atoms with Crippen LogP contribution in [0.1, 0.15) is 49.2 Å². The van der Waals surface area contributed by atoms with Gasteiger partial charge in [-0.1, -0.05) is 6.42 Å².